The first-order valence-electron chi connectivity index (χ1n) is 11.7. The van der Waals surface area contributed by atoms with E-state index in [1.165, 1.54) is 0 Å². The summed E-state index contributed by atoms with van der Waals surface area (Å²) in [7, 11) is 1.80. The summed E-state index contributed by atoms with van der Waals surface area (Å²) in [4.78, 5) is 41.1. The Balaban J connectivity index is 1.17. The number of piperazine rings is 1. The van der Waals surface area contributed by atoms with Crippen LogP contribution in [0.4, 0.5) is 11.5 Å². The van der Waals surface area contributed by atoms with Crippen LogP contribution in [-0.4, -0.2) is 61.7 Å². The number of anilines is 2. The molecular formula is C25H28N8O2. The Kier molecular flexibility index (Phi) is 6.28. The van der Waals surface area contributed by atoms with E-state index in [9.17, 15) is 9.59 Å². The second kappa shape index (κ2) is 9.67. The van der Waals surface area contributed by atoms with Crippen LogP contribution in [0.15, 0.2) is 53.7 Å². The second-order valence-corrected chi connectivity index (χ2v) is 8.75. The van der Waals surface area contributed by atoms with Crippen LogP contribution in [0.25, 0.3) is 11.0 Å². The topological polar surface area (TPSA) is 112 Å². The van der Waals surface area contributed by atoms with Gasteiger partial charge in [-0.15, -0.1) is 0 Å². The van der Waals surface area contributed by atoms with Crippen LogP contribution in [0.2, 0.25) is 0 Å². The smallest absolute Gasteiger partial charge is 0.275 e. The Morgan fingerprint density at radius 1 is 1.09 bits per heavy atom. The number of fused-ring (bicyclic) bond motifs is 1. The average Bonchev–Trinajstić information content (AvgIpc) is 3.28. The zero-order valence-corrected chi connectivity index (χ0v) is 19.9. The number of amides is 1. The number of aromatic amines is 1. The molecule has 0 spiro atoms. The van der Waals surface area contributed by atoms with Gasteiger partial charge in [0.2, 0.25) is 0 Å². The van der Waals surface area contributed by atoms with Crippen molar-refractivity contribution < 1.29 is 4.79 Å². The Morgan fingerprint density at radius 3 is 2.60 bits per heavy atom. The lowest BCUT2D eigenvalue weighted by atomic mass is 10.1. The van der Waals surface area contributed by atoms with Crippen LogP contribution < -0.4 is 15.8 Å². The van der Waals surface area contributed by atoms with Crippen molar-refractivity contribution in [3.05, 3.63) is 76.1 Å². The molecular weight excluding hydrogens is 444 g/mol. The first-order chi connectivity index (χ1) is 17.0. The van der Waals surface area contributed by atoms with Crippen LogP contribution in [0.3, 0.4) is 0 Å². The number of hydrogen-bond acceptors (Lipinski definition) is 7. The standard InChI is InChI=1S/C25H28N8O2/c1-3-18-13-21-22(28-24(18)34)12-17(14-26-21)16-32-8-10-33(11-9-32)19-4-5-20(27-15-19)25(35)29-23-6-7-31(2)30-23/h4-7,12-15H,3,8-11,16H2,1-2H3,(H,28,34)(H,29,30,35). The monoisotopic (exact) mass is 472 g/mol. The number of H-pyrrole nitrogens is 1. The van der Waals surface area contributed by atoms with Crippen molar-refractivity contribution in [1.29, 1.82) is 0 Å². The van der Waals surface area contributed by atoms with Gasteiger partial charge in [0.25, 0.3) is 11.5 Å². The van der Waals surface area contributed by atoms with Gasteiger partial charge in [-0.25, -0.2) is 4.98 Å². The van der Waals surface area contributed by atoms with E-state index in [1.54, 1.807) is 36.3 Å². The van der Waals surface area contributed by atoms with Crippen LogP contribution in [0, 0.1) is 0 Å². The average molecular weight is 473 g/mol. The van der Waals surface area contributed by atoms with Crippen molar-refractivity contribution in [2.45, 2.75) is 19.9 Å². The molecule has 0 aliphatic carbocycles. The van der Waals surface area contributed by atoms with Crippen molar-refractivity contribution in [3.8, 4) is 0 Å². The molecule has 1 amide bonds. The Morgan fingerprint density at radius 2 is 1.91 bits per heavy atom. The molecule has 1 fully saturated rings. The molecule has 1 aliphatic rings. The molecule has 1 aliphatic heterocycles. The van der Waals surface area contributed by atoms with E-state index >= 15 is 0 Å². The molecule has 0 radical (unpaired) electrons. The molecule has 0 saturated carbocycles. The molecule has 0 aromatic carbocycles. The molecule has 0 bridgehead atoms. The highest BCUT2D eigenvalue weighted by Gasteiger charge is 2.19. The SMILES string of the molecule is CCc1cc2ncc(CN3CCN(c4ccc(C(=O)Nc5ccn(C)n5)nc4)CC3)cc2[nH]c1=O. The zero-order chi connectivity index (χ0) is 24.4. The molecule has 4 aromatic rings. The molecule has 10 nitrogen and oxygen atoms in total. The highest BCUT2D eigenvalue weighted by Crippen LogP contribution is 2.18. The van der Waals surface area contributed by atoms with E-state index in [2.05, 4.69) is 35.2 Å². The Hall–Kier alpha value is -4.05. The normalized spacial score (nSPS) is 14.4. The minimum Gasteiger partial charge on any atom is -0.368 e. The third-order valence-electron chi connectivity index (χ3n) is 6.29. The summed E-state index contributed by atoms with van der Waals surface area (Å²) < 4.78 is 1.63. The summed E-state index contributed by atoms with van der Waals surface area (Å²) in [5.41, 5.74) is 4.74. The molecule has 0 atom stereocenters. The summed E-state index contributed by atoms with van der Waals surface area (Å²) in [6.07, 6.45) is 6.10. The lowest BCUT2D eigenvalue weighted by Crippen LogP contribution is -2.46. The number of aryl methyl sites for hydroxylation is 2. The summed E-state index contributed by atoms with van der Waals surface area (Å²) >= 11 is 0. The van der Waals surface area contributed by atoms with Gasteiger partial charge in [-0.2, -0.15) is 5.10 Å². The van der Waals surface area contributed by atoms with Crippen LogP contribution >= 0.6 is 0 Å². The van der Waals surface area contributed by atoms with Crippen molar-refractivity contribution >= 4 is 28.4 Å². The van der Waals surface area contributed by atoms with Crippen molar-refractivity contribution in [2.75, 3.05) is 36.4 Å². The molecule has 1 saturated heterocycles. The molecule has 180 valence electrons. The second-order valence-electron chi connectivity index (χ2n) is 8.75. The quantitative estimate of drug-likeness (QED) is 0.442. The first-order valence-corrected chi connectivity index (χ1v) is 11.7. The molecule has 5 heterocycles. The lowest BCUT2D eigenvalue weighted by molar-refractivity contribution is 0.102. The number of nitrogens with zero attached hydrogens (tertiary/aromatic N) is 6. The lowest BCUT2D eigenvalue weighted by Gasteiger charge is -2.36. The van der Waals surface area contributed by atoms with E-state index in [4.69, 9.17) is 0 Å². The first kappa shape index (κ1) is 22.7. The number of aromatic nitrogens is 5. The fourth-order valence-electron chi connectivity index (χ4n) is 4.31. The van der Waals surface area contributed by atoms with Crippen LogP contribution in [-0.2, 0) is 20.0 Å². The van der Waals surface area contributed by atoms with Gasteiger partial charge in [0, 0.05) is 63.8 Å². The van der Waals surface area contributed by atoms with Crippen molar-refractivity contribution in [3.63, 3.8) is 0 Å². The van der Waals surface area contributed by atoms with Gasteiger partial charge in [0.05, 0.1) is 22.9 Å². The zero-order valence-electron chi connectivity index (χ0n) is 19.9. The van der Waals surface area contributed by atoms with Gasteiger partial charge in [0.15, 0.2) is 5.82 Å². The number of carbonyl (C=O) groups is 1. The van der Waals surface area contributed by atoms with Gasteiger partial charge >= 0.3 is 0 Å². The van der Waals surface area contributed by atoms with E-state index in [-0.39, 0.29) is 11.5 Å². The number of rotatable bonds is 6. The van der Waals surface area contributed by atoms with Gasteiger partial charge in [0.1, 0.15) is 5.69 Å². The molecule has 4 aromatic heterocycles. The minimum absolute atomic E-state index is 0.0404. The number of nitrogens with one attached hydrogen (secondary N) is 2. The number of pyridine rings is 3. The van der Waals surface area contributed by atoms with E-state index in [1.807, 2.05) is 31.3 Å². The predicted octanol–water partition coefficient (Wildman–Crippen LogP) is 2.19. The fourth-order valence-corrected chi connectivity index (χ4v) is 4.31. The molecule has 2 N–H and O–H groups in total. The molecule has 35 heavy (non-hydrogen) atoms. The summed E-state index contributed by atoms with van der Waals surface area (Å²) in [5, 5.41) is 6.90. The van der Waals surface area contributed by atoms with E-state index in [0.717, 1.165) is 60.6 Å². The van der Waals surface area contributed by atoms with Gasteiger partial charge < -0.3 is 15.2 Å². The Labute approximate surface area is 202 Å². The summed E-state index contributed by atoms with van der Waals surface area (Å²) in [5.74, 6) is 0.217. The molecule has 5 rings (SSSR count). The minimum atomic E-state index is -0.281. The summed E-state index contributed by atoms with van der Waals surface area (Å²) in [6, 6.07) is 9.31. The van der Waals surface area contributed by atoms with Crippen LogP contribution in [0.1, 0.15) is 28.5 Å². The molecule has 0 unspecified atom stereocenters. The van der Waals surface area contributed by atoms with Crippen LogP contribution in [0.5, 0.6) is 0 Å². The van der Waals surface area contributed by atoms with Gasteiger partial charge in [-0.05, 0) is 36.2 Å². The predicted molar refractivity (Wildman–Crippen MR) is 135 cm³/mol. The highest BCUT2D eigenvalue weighted by atomic mass is 16.2. The van der Waals surface area contributed by atoms with E-state index < -0.39 is 0 Å². The highest BCUT2D eigenvalue weighted by molar-refractivity contribution is 6.02. The van der Waals surface area contributed by atoms with E-state index in [0.29, 0.717) is 17.9 Å². The fraction of sp³-hybridized carbons (Fsp3) is 0.320. The van der Waals surface area contributed by atoms with Gasteiger partial charge in [-0.3, -0.25) is 24.2 Å². The maximum atomic E-state index is 12.4. The molecule has 10 heteroatoms. The number of hydrogen-bond donors (Lipinski definition) is 2. The maximum absolute atomic E-state index is 12.4. The third kappa shape index (κ3) is 5.07. The van der Waals surface area contributed by atoms with Crippen molar-refractivity contribution in [2.24, 2.45) is 7.05 Å². The maximum Gasteiger partial charge on any atom is 0.275 e. The van der Waals surface area contributed by atoms with Gasteiger partial charge in [-0.1, -0.05) is 6.92 Å². The van der Waals surface area contributed by atoms with Crippen molar-refractivity contribution in [1.82, 2.24) is 29.6 Å². The summed E-state index contributed by atoms with van der Waals surface area (Å²) in [6.45, 7) is 6.25. The number of carbonyl (C=O) groups excluding carboxylic acids is 1. The Bertz CT molecular complexity index is 1400. The largest absolute Gasteiger partial charge is 0.368 e. The third-order valence-corrected chi connectivity index (χ3v) is 6.29.